The molecule has 0 atom stereocenters. The number of hydrogen-bond donors (Lipinski definition) is 1. The summed E-state index contributed by atoms with van der Waals surface area (Å²) >= 11 is 0. The highest BCUT2D eigenvalue weighted by molar-refractivity contribution is 5.97. The van der Waals surface area contributed by atoms with Gasteiger partial charge in [0.15, 0.2) is 0 Å². The van der Waals surface area contributed by atoms with Gasteiger partial charge in [-0.05, 0) is 37.5 Å². The smallest absolute Gasteiger partial charge is 0.257 e. The molecule has 1 amide bonds. The summed E-state index contributed by atoms with van der Waals surface area (Å²) in [5, 5.41) is 7.72. The second-order valence-electron chi connectivity index (χ2n) is 7.57. The normalized spacial score (nSPS) is 14.8. The third-order valence-corrected chi connectivity index (χ3v) is 5.54. The highest BCUT2D eigenvalue weighted by atomic mass is 16.5. The quantitative estimate of drug-likeness (QED) is 0.721. The predicted molar refractivity (Wildman–Crippen MR) is 111 cm³/mol. The van der Waals surface area contributed by atoms with Crippen LogP contribution in [0.2, 0.25) is 0 Å². The first kappa shape index (κ1) is 19.2. The summed E-state index contributed by atoms with van der Waals surface area (Å²) in [6, 6.07) is 14.4. The molecule has 0 radical (unpaired) electrons. The van der Waals surface area contributed by atoms with Gasteiger partial charge in [-0.15, -0.1) is 0 Å². The molecular formula is C23H26N4O2. The van der Waals surface area contributed by atoms with Crippen LogP contribution in [-0.2, 0) is 6.42 Å². The maximum atomic E-state index is 13.0. The molecule has 1 fully saturated rings. The molecule has 1 saturated heterocycles. The van der Waals surface area contributed by atoms with Gasteiger partial charge >= 0.3 is 0 Å². The lowest BCUT2D eigenvalue weighted by molar-refractivity contribution is 0.0708. The van der Waals surface area contributed by atoms with E-state index in [-0.39, 0.29) is 5.91 Å². The topological polar surface area (TPSA) is 71.1 Å². The van der Waals surface area contributed by atoms with E-state index in [2.05, 4.69) is 45.5 Å². The lowest BCUT2D eigenvalue weighted by Crippen LogP contribution is -2.38. The maximum absolute atomic E-state index is 13.0. The van der Waals surface area contributed by atoms with Gasteiger partial charge in [-0.3, -0.25) is 14.9 Å². The van der Waals surface area contributed by atoms with Crippen molar-refractivity contribution >= 4 is 5.91 Å². The molecule has 150 valence electrons. The number of benzene rings is 1. The third-order valence-electron chi connectivity index (χ3n) is 5.54. The highest BCUT2D eigenvalue weighted by Crippen LogP contribution is 2.29. The van der Waals surface area contributed by atoms with E-state index in [1.54, 1.807) is 19.4 Å². The number of nitrogens with zero attached hydrogens (tertiary/aromatic N) is 3. The number of methoxy groups -OCH3 is 1. The summed E-state index contributed by atoms with van der Waals surface area (Å²) in [5.74, 6) is 0.916. The average Bonchev–Trinajstić information content (AvgIpc) is 3.22. The number of aromatic amines is 1. The molecular weight excluding hydrogens is 364 g/mol. The van der Waals surface area contributed by atoms with E-state index in [1.807, 2.05) is 17.9 Å². The van der Waals surface area contributed by atoms with Gasteiger partial charge in [-0.25, -0.2) is 0 Å². The van der Waals surface area contributed by atoms with E-state index in [9.17, 15) is 4.79 Å². The number of pyridine rings is 1. The first-order chi connectivity index (χ1) is 14.1. The number of ether oxygens (including phenoxy) is 1. The van der Waals surface area contributed by atoms with Gasteiger partial charge in [0.05, 0.1) is 24.6 Å². The van der Waals surface area contributed by atoms with Crippen molar-refractivity contribution in [2.75, 3.05) is 20.2 Å². The number of nitrogens with one attached hydrogen (secondary N) is 1. The third kappa shape index (κ3) is 4.31. The molecule has 0 aliphatic carbocycles. The number of likely N-dealkylation sites (tertiary alicyclic amines) is 1. The van der Waals surface area contributed by atoms with Gasteiger partial charge in [0.2, 0.25) is 0 Å². The molecule has 1 N–H and O–H groups in total. The van der Waals surface area contributed by atoms with Crippen LogP contribution < -0.4 is 4.74 Å². The molecule has 2 aromatic heterocycles. The van der Waals surface area contributed by atoms with Crippen molar-refractivity contribution in [1.29, 1.82) is 0 Å². The Hall–Kier alpha value is -3.15. The molecule has 1 aliphatic rings. The Balaban J connectivity index is 1.39. The zero-order valence-corrected chi connectivity index (χ0v) is 16.9. The molecule has 4 rings (SSSR count). The molecule has 1 aliphatic heterocycles. The molecule has 1 aromatic carbocycles. The lowest BCUT2D eigenvalue weighted by atomic mass is 9.92. The second-order valence-corrected chi connectivity index (χ2v) is 7.57. The Morgan fingerprint density at radius 2 is 1.97 bits per heavy atom. The summed E-state index contributed by atoms with van der Waals surface area (Å²) in [6.45, 7) is 3.32. The number of carbonyl (C=O) groups excluding carboxylic acids is 1. The molecule has 29 heavy (non-hydrogen) atoms. The molecule has 3 heterocycles. The zero-order chi connectivity index (χ0) is 20.2. The number of carbonyl (C=O) groups is 1. The van der Waals surface area contributed by atoms with Crippen molar-refractivity contribution in [1.82, 2.24) is 20.1 Å². The van der Waals surface area contributed by atoms with Crippen molar-refractivity contribution in [3.05, 3.63) is 76.9 Å². The van der Waals surface area contributed by atoms with Gasteiger partial charge in [0.1, 0.15) is 5.75 Å². The van der Waals surface area contributed by atoms with Crippen LogP contribution in [0.25, 0.3) is 0 Å². The summed E-state index contributed by atoms with van der Waals surface area (Å²) < 4.78 is 5.33. The number of aryl methyl sites for hydroxylation is 1. The minimum absolute atomic E-state index is 0.0117. The number of hydrogen-bond acceptors (Lipinski definition) is 4. The van der Waals surface area contributed by atoms with Crippen LogP contribution >= 0.6 is 0 Å². The fraction of sp³-hybridized carbons (Fsp3) is 0.348. The molecule has 0 bridgehead atoms. The highest BCUT2D eigenvalue weighted by Gasteiger charge is 2.27. The lowest BCUT2D eigenvalue weighted by Gasteiger charge is -2.31. The standard InChI is InChI=1S/C23H26N4O2/c1-16-12-20(22(29-2)15-24-16)23(28)27-10-8-18(9-11-27)21-14-19(25-26-21)13-17-6-4-3-5-7-17/h3-7,12,14-15,18H,8-11,13H2,1-2H3,(H,25,26). The summed E-state index contributed by atoms with van der Waals surface area (Å²) in [4.78, 5) is 19.1. The van der Waals surface area contributed by atoms with Crippen molar-refractivity contribution in [3.63, 3.8) is 0 Å². The average molecular weight is 390 g/mol. The number of aromatic nitrogens is 3. The number of H-pyrrole nitrogens is 1. The minimum Gasteiger partial charge on any atom is -0.494 e. The van der Waals surface area contributed by atoms with Crippen LogP contribution in [0.4, 0.5) is 0 Å². The van der Waals surface area contributed by atoms with Crippen molar-refractivity contribution in [3.8, 4) is 5.75 Å². The number of amides is 1. The first-order valence-electron chi connectivity index (χ1n) is 10.0. The summed E-state index contributed by atoms with van der Waals surface area (Å²) in [6.07, 6.45) is 4.29. The van der Waals surface area contributed by atoms with E-state index >= 15 is 0 Å². The van der Waals surface area contributed by atoms with Gasteiger partial charge in [-0.1, -0.05) is 30.3 Å². The fourth-order valence-corrected chi connectivity index (χ4v) is 3.92. The Morgan fingerprint density at radius 3 is 2.69 bits per heavy atom. The van der Waals surface area contributed by atoms with Crippen molar-refractivity contribution in [2.45, 2.75) is 32.1 Å². The van der Waals surface area contributed by atoms with Crippen LogP contribution in [0.1, 0.15) is 51.8 Å². The Kier molecular flexibility index (Phi) is 5.60. The second kappa shape index (κ2) is 8.47. The molecule has 0 unspecified atom stereocenters. The number of piperidine rings is 1. The van der Waals surface area contributed by atoms with Gasteiger partial charge < -0.3 is 9.64 Å². The molecule has 6 nitrogen and oxygen atoms in total. The van der Waals surface area contributed by atoms with Crippen LogP contribution in [0.5, 0.6) is 5.75 Å². The number of rotatable bonds is 5. The largest absolute Gasteiger partial charge is 0.494 e. The van der Waals surface area contributed by atoms with Crippen LogP contribution in [0.3, 0.4) is 0 Å². The molecule has 0 spiro atoms. The summed E-state index contributed by atoms with van der Waals surface area (Å²) in [5.41, 5.74) is 4.89. The van der Waals surface area contributed by atoms with Gasteiger partial charge in [-0.2, -0.15) is 5.10 Å². The molecule has 0 saturated carbocycles. The Labute approximate surface area is 170 Å². The van der Waals surface area contributed by atoms with E-state index in [0.717, 1.165) is 49.4 Å². The van der Waals surface area contributed by atoms with E-state index in [4.69, 9.17) is 4.74 Å². The predicted octanol–water partition coefficient (Wildman–Crippen LogP) is 3.73. The maximum Gasteiger partial charge on any atom is 0.257 e. The van der Waals surface area contributed by atoms with E-state index in [0.29, 0.717) is 17.2 Å². The Bertz CT molecular complexity index is 976. The minimum atomic E-state index is 0.0117. The van der Waals surface area contributed by atoms with Gasteiger partial charge in [0.25, 0.3) is 5.91 Å². The fourth-order valence-electron chi connectivity index (χ4n) is 3.92. The van der Waals surface area contributed by atoms with Crippen molar-refractivity contribution in [2.24, 2.45) is 0 Å². The Morgan fingerprint density at radius 1 is 1.21 bits per heavy atom. The van der Waals surface area contributed by atoms with E-state index in [1.165, 1.54) is 5.56 Å². The zero-order valence-electron chi connectivity index (χ0n) is 16.9. The van der Waals surface area contributed by atoms with Gasteiger partial charge in [0, 0.05) is 36.8 Å². The van der Waals surface area contributed by atoms with Crippen molar-refractivity contribution < 1.29 is 9.53 Å². The van der Waals surface area contributed by atoms with Crippen LogP contribution in [0.15, 0.2) is 48.7 Å². The molecule has 3 aromatic rings. The van der Waals surface area contributed by atoms with E-state index < -0.39 is 0 Å². The summed E-state index contributed by atoms with van der Waals surface area (Å²) in [7, 11) is 1.57. The van der Waals surface area contributed by atoms with Crippen LogP contribution in [-0.4, -0.2) is 46.2 Å². The monoisotopic (exact) mass is 390 g/mol. The first-order valence-corrected chi connectivity index (χ1v) is 10.0. The molecule has 6 heteroatoms. The van der Waals surface area contributed by atoms with Crippen LogP contribution in [0, 0.1) is 6.92 Å². The SMILES string of the molecule is COc1cnc(C)cc1C(=O)N1CCC(c2cc(Cc3ccccc3)[nH]n2)CC1.